The summed E-state index contributed by atoms with van der Waals surface area (Å²) in [4.78, 5) is 20.7. The lowest BCUT2D eigenvalue weighted by Gasteiger charge is -2.34. The van der Waals surface area contributed by atoms with E-state index in [2.05, 4.69) is 10.0 Å². The molecule has 39 heavy (non-hydrogen) atoms. The van der Waals surface area contributed by atoms with E-state index in [1.165, 1.54) is 0 Å². The second kappa shape index (κ2) is 13.6. The van der Waals surface area contributed by atoms with Crippen LogP contribution >= 0.6 is 0 Å². The molecule has 0 amide bonds. The number of aliphatic carboxylic acids is 1. The van der Waals surface area contributed by atoms with Gasteiger partial charge in [-0.15, -0.1) is 4.21 Å². The Balaban J connectivity index is 1.60. The summed E-state index contributed by atoms with van der Waals surface area (Å²) in [6.07, 6.45) is 9.16. The molecule has 0 saturated heterocycles. The molecule has 2 N–H and O–H groups in total. The van der Waals surface area contributed by atoms with Crippen LogP contribution in [0.25, 0.3) is 10.4 Å². The van der Waals surface area contributed by atoms with E-state index < -0.39 is 33.1 Å². The second-order valence-electron chi connectivity index (χ2n) is 11.3. The average molecular weight is 567 g/mol. The summed E-state index contributed by atoms with van der Waals surface area (Å²) in [6, 6.07) is 0. The molecule has 0 aromatic rings. The molecule has 3 atom stereocenters. The maximum atomic E-state index is 13.3. The maximum absolute atomic E-state index is 13.3. The normalized spacial score (nSPS) is 31.6. The van der Waals surface area contributed by atoms with Crippen molar-refractivity contribution in [2.75, 3.05) is 19.0 Å². The number of azide groups is 1. The molecule has 2 saturated carbocycles. The van der Waals surface area contributed by atoms with E-state index in [-0.39, 0.29) is 30.8 Å². The van der Waals surface area contributed by atoms with Crippen LogP contribution in [0.15, 0.2) is 21.4 Å². The van der Waals surface area contributed by atoms with Gasteiger partial charge in [-0.3, -0.25) is 0 Å². The Hall–Kier alpha value is -1.98. The van der Waals surface area contributed by atoms with Crippen LogP contribution in [-0.4, -0.2) is 68.6 Å². The van der Waals surface area contributed by atoms with E-state index in [0.717, 1.165) is 44.9 Å². The van der Waals surface area contributed by atoms with Crippen LogP contribution in [0.5, 0.6) is 0 Å². The van der Waals surface area contributed by atoms with Crippen molar-refractivity contribution in [3.63, 3.8) is 0 Å². The number of carboxylic acids is 1. The minimum Gasteiger partial charge on any atom is -0.615 e. The summed E-state index contributed by atoms with van der Waals surface area (Å²) in [6.45, 7) is 0.585. The van der Waals surface area contributed by atoms with Gasteiger partial charge in [-0.2, -0.15) is 0 Å². The number of aliphatic imine (C=N–C) groups is 1. The van der Waals surface area contributed by atoms with Gasteiger partial charge in [0.15, 0.2) is 12.0 Å². The highest BCUT2D eigenvalue weighted by Gasteiger charge is 2.56. The molecule has 11 nitrogen and oxygen atoms in total. The highest BCUT2D eigenvalue weighted by molar-refractivity contribution is 7.98. The van der Waals surface area contributed by atoms with Gasteiger partial charge >= 0.3 is 5.97 Å². The lowest BCUT2D eigenvalue weighted by atomic mass is 9.81. The van der Waals surface area contributed by atoms with Crippen molar-refractivity contribution in [1.29, 1.82) is 0 Å². The lowest BCUT2D eigenvalue weighted by Crippen LogP contribution is -2.49. The average Bonchev–Trinajstić information content (AvgIpc) is 3.34. The zero-order valence-corrected chi connectivity index (χ0v) is 23.5. The van der Waals surface area contributed by atoms with Gasteiger partial charge in [0, 0.05) is 46.4 Å². The molecule has 12 heteroatoms. The lowest BCUT2D eigenvalue weighted by molar-refractivity contribution is -0.145. The number of hydrogen-bond donors (Lipinski definition) is 2. The first-order valence-electron chi connectivity index (χ1n) is 14.5. The number of allylic oxidation sites excluding steroid dienone is 1. The molecule has 0 radical (unpaired) electrons. The molecule has 0 aromatic heterocycles. The number of sulfone groups is 1. The number of aliphatic hydroxyl groups is 1. The SMILES string of the molecule is [N-]=[N+]=NC1=C([C@H]2OC(C3CCC(OCCCO)CC3)=N[C@@]2(CC[S+](=O)([O-])C2CCCCC2)C(=O)O)CCCC1. The molecular weight excluding hydrogens is 524 g/mol. The Kier molecular flexibility index (Phi) is 10.4. The smallest absolute Gasteiger partial charge is 0.336 e. The Morgan fingerprint density at radius 1 is 1.15 bits per heavy atom. The Morgan fingerprint density at radius 2 is 1.87 bits per heavy atom. The third kappa shape index (κ3) is 7.03. The van der Waals surface area contributed by atoms with Gasteiger partial charge in [0.1, 0.15) is 11.0 Å². The van der Waals surface area contributed by atoms with Gasteiger partial charge < -0.3 is 24.2 Å². The minimum absolute atomic E-state index is 0.0769. The summed E-state index contributed by atoms with van der Waals surface area (Å²) >= 11 is 0. The quantitative estimate of drug-likeness (QED) is 0.109. The van der Waals surface area contributed by atoms with E-state index >= 15 is 0 Å². The largest absolute Gasteiger partial charge is 0.615 e. The van der Waals surface area contributed by atoms with Crippen LogP contribution < -0.4 is 0 Å². The zero-order chi connectivity index (χ0) is 27.9. The Labute approximate surface area is 231 Å². The first-order chi connectivity index (χ1) is 18.8. The minimum atomic E-state index is -3.50. The Bertz CT molecular complexity index is 1030. The molecule has 4 rings (SSSR count). The fourth-order valence-corrected chi connectivity index (χ4v) is 8.52. The summed E-state index contributed by atoms with van der Waals surface area (Å²) in [5, 5.41) is 23.1. The first-order valence-corrected chi connectivity index (χ1v) is 16.2. The molecule has 0 bridgehead atoms. The van der Waals surface area contributed by atoms with E-state index in [9.17, 15) is 18.7 Å². The standard InChI is InChI=1S/C27H42N4O7S/c28-31-30-23-10-5-4-9-22(23)24-27(26(33)34,15-18-39(35,36)21-7-2-1-3-8-21)29-25(38-24)19-11-13-20(14-12-19)37-17-6-16-32/h19-21,24,32H,1-18H2,(H-,33,34,35,36)/t19?,20?,24-,27-/m1/s1. The third-order valence-electron chi connectivity index (χ3n) is 8.82. The number of aliphatic hydroxyl groups excluding tert-OH is 1. The number of carbonyl (C=O) groups is 1. The van der Waals surface area contributed by atoms with Crippen molar-refractivity contribution in [2.45, 2.75) is 119 Å². The van der Waals surface area contributed by atoms with Crippen molar-refractivity contribution in [3.05, 3.63) is 21.7 Å². The number of rotatable bonds is 12. The van der Waals surface area contributed by atoms with Gasteiger partial charge in [0.05, 0.1) is 6.10 Å². The highest BCUT2D eigenvalue weighted by atomic mass is 32.3. The monoisotopic (exact) mass is 566 g/mol. The first kappa shape index (κ1) is 30.0. The molecule has 218 valence electrons. The van der Waals surface area contributed by atoms with Crippen LogP contribution in [0, 0.1) is 5.92 Å². The third-order valence-corrected chi connectivity index (χ3v) is 11.1. The topological polar surface area (TPSA) is 177 Å². The summed E-state index contributed by atoms with van der Waals surface area (Å²) < 4.78 is 38.8. The van der Waals surface area contributed by atoms with Gasteiger partial charge in [-0.25, -0.2) is 9.79 Å². The van der Waals surface area contributed by atoms with Crippen LogP contribution in [-0.2, 0) is 28.7 Å². The van der Waals surface area contributed by atoms with Crippen LogP contribution in [0.3, 0.4) is 0 Å². The maximum Gasteiger partial charge on any atom is 0.336 e. The fraction of sp³-hybridized carbons (Fsp3) is 0.852. The molecule has 1 unspecified atom stereocenters. The number of ether oxygens (including phenoxy) is 2. The van der Waals surface area contributed by atoms with Crippen LogP contribution in [0.2, 0.25) is 0 Å². The molecule has 2 fully saturated rings. The van der Waals surface area contributed by atoms with E-state index in [4.69, 9.17) is 25.1 Å². The highest BCUT2D eigenvalue weighted by Crippen LogP contribution is 2.44. The predicted octanol–water partition coefficient (Wildman–Crippen LogP) is 5.06. The molecule has 0 aromatic carbocycles. The van der Waals surface area contributed by atoms with Gasteiger partial charge in [-0.1, -0.05) is 11.5 Å². The molecule has 4 aliphatic rings. The van der Waals surface area contributed by atoms with Crippen molar-refractivity contribution in [2.24, 2.45) is 16.0 Å². The van der Waals surface area contributed by atoms with E-state index in [1.807, 2.05) is 0 Å². The van der Waals surface area contributed by atoms with Crippen molar-refractivity contribution in [3.8, 4) is 0 Å². The molecular formula is C27H42N4O7S. The van der Waals surface area contributed by atoms with E-state index in [1.54, 1.807) is 0 Å². The van der Waals surface area contributed by atoms with Gasteiger partial charge in [-0.05, 0) is 94.6 Å². The fourth-order valence-electron chi connectivity index (χ4n) is 6.54. The number of hydrogen-bond acceptors (Lipinski definition) is 8. The number of nitrogens with zero attached hydrogens (tertiary/aromatic N) is 4. The summed E-state index contributed by atoms with van der Waals surface area (Å²) in [5.41, 5.74) is 8.51. The van der Waals surface area contributed by atoms with Gasteiger partial charge in [0.2, 0.25) is 5.54 Å². The molecule has 0 spiro atoms. The Morgan fingerprint density at radius 3 is 2.54 bits per heavy atom. The van der Waals surface area contributed by atoms with Crippen LogP contribution in [0.4, 0.5) is 0 Å². The number of carboxylic acid groups (broad SMARTS) is 1. The zero-order valence-electron chi connectivity index (χ0n) is 22.7. The van der Waals surface area contributed by atoms with Crippen molar-refractivity contribution in [1.82, 2.24) is 0 Å². The molecule has 1 aliphatic heterocycles. The summed E-state index contributed by atoms with van der Waals surface area (Å²) in [7, 11) is -3.50. The molecule has 1 heterocycles. The van der Waals surface area contributed by atoms with E-state index in [0.29, 0.717) is 68.7 Å². The second-order valence-corrected chi connectivity index (χ2v) is 13.7. The molecule has 3 aliphatic carbocycles. The van der Waals surface area contributed by atoms with Crippen LogP contribution in [0.1, 0.15) is 96.3 Å². The van der Waals surface area contributed by atoms with Crippen molar-refractivity contribution < 1.29 is 33.2 Å². The van der Waals surface area contributed by atoms with Gasteiger partial charge in [0.25, 0.3) is 0 Å². The summed E-state index contributed by atoms with van der Waals surface area (Å²) in [5.74, 6) is -1.20. The van der Waals surface area contributed by atoms with Crippen molar-refractivity contribution >= 4 is 22.1 Å². The predicted molar refractivity (Wildman–Crippen MR) is 146 cm³/mol.